The number of rotatable bonds is 6. The second-order valence-corrected chi connectivity index (χ2v) is 7.11. The van der Waals surface area contributed by atoms with Gasteiger partial charge in [0, 0.05) is 17.3 Å². The van der Waals surface area contributed by atoms with Gasteiger partial charge < -0.3 is 15.5 Å². The average Bonchev–Trinajstić information content (AvgIpc) is 3.54. The number of Topliss-reactive ketones (excluding diaryl/α,β-unsaturated/α-hetero) is 1. The van der Waals surface area contributed by atoms with Gasteiger partial charge in [-0.25, -0.2) is 0 Å². The fourth-order valence-electron chi connectivity index (χ4n) is 3.19. The van der Waals surface area contributed by atoms with Gasteiger partial charge in [0.2, 0.25) is 11.8 Å². The molecule has 7 nitrogen and oxygen atoms in total. The van der Waals surface area contributed by atoms with Crippen LogP contribution < -0.4 is 15.5 Å². The largest absolute Gasteiger partial charge is 0.326 e. The van der Waals surface area contributed by atoms with E-state index in [0.29, 0.717) is 22.6 Å². The molecule has 7 heteroatoms. The summed E-state index contributed by atoms with van der Waals surface area (Å²) in [6.07, 6.45) is 2.96. The molecule has 2 aliphatic rings. The van der Waals surface area contributed by atoms with Crippen molar-refractivity contribution in [3.63, 3.8) is 0 Å². The Balaban J connectivity index is 1.51. The van der Waals surface area contributed by atoms with Gasteiger partial charge in [0.05, 0.1) is 17.8 Å². The minimum atomic E-state index is -0.602. The third-order valence-electron chi connectivity index (χ3n) is 4.93. The normalized spacial score (nSPS) is 15.1. The molecule has 146 valence electrons. The molecule has 1 aliphatic carbocycles. The van der Waals surface area contributed by atoms with E-state index in [0.717, 1.165) is 18.4 Å². The van der Waals surface area contributed by atoms with Crippen LogP contribution in [0.2, 0.25) is 0 Å². The maximum absolute atomic E-state index is 12.5. The quantitative estimate of drug-likeness (QED) is 0.587. The van der Waals surface area contributed by atoms with Gasteiger partial charge in [0.1, 0.15) is 0 Å². The lowest BCUT2D eigenvalue weighted by molar-refractivity contribution is -0.117. The number of fused-ring (bicyclic) bond motifs is 1. The standard InChI is InChI=1S/C22H19N3O4/c1-2-19(26)23-15-7-3-13(4-8-15)12-25-18-10-9-16(24-21(28)14-5-6-14)11-17(18)20(27)22(25)29/h2-4,7-11,14H,1,5-6,12H2,(H,23,26)(H,24,28). The highest BCUT2D eigenvalue weighted by molar-refractivity contribution is 6.52. The summed E-state index contributed by atoms with van der Waals surface area (Å²) in [7, 11) is 0. The third-order valence-corrected chi connectivity index (χ3v) is 4.93. The van der Waals surface area contributed by atoms with Crippen molar-refractivity contribution in [2.75, 3.05) is 15.5 Å². The minimum Gasteiger partial charge on any atom is -0.326 e. The lowest BCUT2D eigenvalue weighted by Crippen LogP contribution is -2.29. The van der Waals surface area contributed by atoms with Crippen molar-refractivity contribution in [3.8, 4) is 0 Å². The van der Waals surface area contributed by atoms with Crippen molar-refractivity contribution in [1.29, 1.82) is 0 Å². The van der Waals surface area contributed by atoms with E-state index in [1.165, 1.54) is 11.0 Å². The summed E-state index contributed by atoms with van der Waals surface area (Å²) >= 11 is 0. The number of hydrogen-bond donors (Lipinski definition) is 2. The van der Waals surface area contributed by atoms with Gasteiger partial charge in [-0.15, -0.1) is 0 Å². The Morgan fingerprint density at radius 3 is 2.38 bits per heavy atom. The predicted octanol–water partition coefficient (Wildman–Crippen LogP) is 2.89. The maximum atomic E-state index is 12.5. The Hall–Kier alpha value is -3.74. The Labute approximate surface area is 167 Å². The van der Waals surface area contributed by atoms with Crippen LogP contribution in [0.5, 0.6) is 0 Å². The Morgan fingerprint density at radius 2 is 1.72 bits per heavy atom. The molecular weight excluding hydrogens is 370 g/mol. The Morgan fingerprint density at radius 1 is 1.03 bits per heavy atom. The number of hydrogen-bond acceptors (Lipinski definition) is 4. The topological polar surface area (TPSA) is 95.6 Å². The first-order chi connectivity index (χ1) is 14.0. The summed E-state index contributed by atoms with van der Waals surface area (Å²) < 4.78 is 0. The zero-order valence-corrected chi connectivity index (χ0v) is 15.6. The fraction of sp³-hybridized carbons (Fsp3) is 0.182. The van der Waals surface area contributed by atoms with Gasteiger partial charge in [-0.2, -0.15) is 0 Å². The molecule has 3 amide bonds. The van der Waals surface area contributed by atoms with Gasteiger partial charge >= 0.3 is 0 Å². The molecule has 0 atom stereocenters. The zero-order valence-electron chi connectivity index (χ0n) is 15.6. The molecule has 0 spiro atoms. The summed E-state index contributed by atoms with van der Waals surface area (Å²) in [4.78, 5) is 49.6. The first-order valence-electron chi connectivity index (χ1n) is 9.29. The second kappa shape index (κ2) is 7.35. The second-order valence-electron chi connectivity index (χ2n) is 7.11. The fourth-order valence-corrected chi connectivity index (χ4v) is 3.19. The minimum absolute atomic E-state index is 0.0521. The molecule has 0 saturated heterocycles. The maximum Gasteiger partial charge on any atom is 0.299 e. The number of benzene rings is 2. The molecule has 1 aliphatic heterocycles. The molecule has 1 heterocycles. The molecule has 0 bridgehead atoms. The number of nitrogens with one attached hydrogen (secondary N) is 2. The number of amides is 3. The monoisotopic (exact) mass is 389 g/mol. The van der Waals surface area contributed by atoms with Crippen LogP contribution in [-0.4, -0.2) is 23.5 Å². The molecule has 1 fully saturated rings. The first kappa shape index (κ1) is 18.6. The highest BCUT2D eigenvalue weighted by Gasteiger charge is 2.36. The first-order valence-corrected chi connectivity index (χ1v) is 9.29. The van der Waals surface area contributed by atoms with Crippen LogP contribution in [0, 0.1) is 5.92 Å². The lowest BCUT2D eigenvalue weighted by Gasteiger charge is -2.17. The summed E-state index contributed by atoms with van der Waals surface area (Å²) in [6.45, 7) is 3.63. The number of ketones is 1. The number of nitrogens with zero attached hydrogens (tertiary/aromatic N) is 1. The van der Waals surface area contributed by atoms with Gasteiger partial charge in [-0.1, -0.05) is 18.7 Å². The van der Waals surface area contributed by atoms with Crippen LogP contribution in [0.3, 0.4) is 0 Å². The molecule has 0 unspecified atom stereocenters. The van der Waals surface area contributed by atoms with Crippen molar-refractivity contribution >= 4 is 40.6 Å². The van der Waals surface area contributed by atoms with Gasteiger partial charge in [-0.3, -0.25) is 19.2 Å². The van der Waals surface area contributed by atoms with Crippen LogP contribution in [0.15, 0.2) is 55.1 Å². The molecule has 4 rings (SSSR count). The van der Waals surface area contributed by atoms with E-state index in [1.807, 2.05) is 0 Å². The Bertz CT molecular complexity index is 1040. The van der Waals surface area contributed by atoms with Gasteiger partial charge in [0.15, 0.2) is 0 Å². The summed E-state index contributed by atoms with van der Waals surface area (Å²) in [5, 5.41) is 5.45. The molecule has 29 heavy (non-hydrogen) atoms. The SMILES string of the molecule is C=CC(=O)Nc1ccc(CN2C(=O)C(=O)c3cc(NC(=O)C4CC4)ccc32)cc1. The molecule has 0 radical (unpaired) electrons. The number of carbonyl (C=O) groups excluding carboxylic acids is 4. The Kier molecular flexibility index (Phi) is 4.72. The number of anilines is 3. The van der Waals surface area contributed by atoms with E-state index in [9.17, 15) is 19.2 Å². The molecule has 2 aromatic rings. The molecule has 0 aromatic heterocycles. The molecule has 1 saturated carbocycles. The van der Waals surface area contributed by atoms with Crippen molar-refractivity contribution in [1.82, 2.24) is 0 Å². The van der Waals surface area contributed by atoms with E-state index in [1.54, 1.807) is 42.5 Å². The van der Waals surface area contributed by atoms with Crippen LogP contribution in [0.1, 0.15) is 28.8 Å². The van der Waals surface area contributed by atoms with Crippen molar-refractivity contribution in [2.45, 2.75) is 19.4 Å². The predicted molar refractivity (Wildman–Crippen MR) is 109 cm³/mol. The highest BCUT2D eigenvalue weighted by Crippen LogP contribution is 2.34. The molecule has 2 N–H and O–H groups in total. The van der Waals surface area contributed by atoms with E-state index >= 15 is 0 Å². The highest BCUT2D eigenvalue weighted by atomic mass is 16.2. The van der Waals surface area contributed by atoms with Crippen LogP contribution in [0.4, 0.5) is 17.1 Å². The van der Waals surface area contributed by atoms with Crippen molar-refractivity contribution in [2.24, 2.45) is 5.92 Å². The van der Waals surface area contributed by atoms with Crippen molar-refractivity contribution in [3.05, 3.63) is 66.2 Å². The average molecular weight is 389 g/mol. The van der Waals surface area contributed by atoms with E-state index in [4.69, 9.17) is 0 Å². The summed E-state index contributed by atoms with van der Waals surface area (Å²) in [5.41, 5.74) is 2.75. The van der Waals surface area contributed by atoms with Crippen LogP contribution >= 0.6 is 0 Å². The van der Waals surface area contributed by atoms with E-state index in [-0.39, 0.29) is 24.3 Å². The van der Waals surface area contributed by atoms with Gasteiger partial charge in [-0.05, 0) is 54.8 Å². The smallest absolute Gasteiger partial charge is 0.299 e. The summed E-state index contributed by atoms with van der Waals surface area (Å²) in [5.74, 6) is -1.50. The van der Waals surface area contributed by atoms with Gasteiger partial charge in [0.25, 0.3) is 11.7 Å². The molecular formula is C22H19N3O4. The third kappa shape index (κ3) is 3.80. The van der Waals surface area contributed by atoms with Crippen LogP contribution in [-0.2, 0) is 20.9 Å². The summed E-state index contributed by atoms with van der Waals surface area (Å²) in [6, 6.07) is 11.9. The van der Waals surface area contributed by atoms with E-state index < -0.39 is 11.7 Å². The lowest BCUT2D eigenvalue weighted by atomic mass is 10.1. The van der Waals surface area contributed by atoms with Crippen molar-refractivity contribution < 1.29 is 19.2 Å². The van der Waals surface area contributed by atoms with Crippen LogP contribution in [0.25, 0.3) is 0 Å². The number of carbonyl (C=O) groups is 4. The van der Waals surface area contributed by atoms with E-state index in [2.05, 4.69) is 17.2 Å². The molecule has 2 aromatic carbocycles. The zero-order chi connectivity index (χ0) is 20.5.